The highest BCUT2D eigenvalue weighted by Gasteiger charge is 2.14. The van der Waals surface area contributed by atoms with Gasteiger partial charge in [0.2, 0.25) is 5.95 Å². The number of hydrogen-bond acceptors (Lipinski definition) is 5. The third kappa shape index (κ3) is 5.72. The summed E-state index contributed by atoms with van der Waals surface area (Å²) in [6.07, 6.45) is 0. The standard InChI is InChI=1S/C20H29N5O/c1-6-21-17-13-14(2)24-19(25-17)23-12-11-22-18(26)15-7-9-16(10-8-15)20(3,4)5/h7-10,13H,6,11-12H2,1-5H3,(H,22,26)(H2,21,23,24,25). The third-order valence-corrected chi connectivity index (χ3v) is 3.92. The normalized spacial score (nSPS) is 11.1. The molecule has 0 aliphatic carbocycles. The van der Waals surface area contributed by atoms with Crippen molar-refractivity contribution in [2.24, 2.45) is 0 Å². The van der Waals surface area contributed by atoms with Gasteiger partial charge < -0.3 is 16.0 Å². The molecule has 0 spiro atoms. The van der Waals surface area contributed by atoms with E-state index in [1.54, 1.807) is 0 Å². The fourth-order valence-corrected chi connectivity index (χ4v) is 2.49. The number of nitrogens with one attached hydrogen (secondary N) is 3. The van der Waals surface area contributed by atoms with E-state index in [1.165, 1.54) is 5.56 Å². The molecule has 6 nitrogen and oxygen atoms in total. The molecule has 2 rings (SSSR count). The van der Waals surface area contributed by atoms with Crippen molar-refractivity contribution >= 4 is 17.7 Å². The van der Waals surface area contributed by atoms with Gasteiger partial charge in [-0.05, 0) is 37.0 Å². The average Bonchev–Trinajstić information content (AvgIpc) is 2.58. The van der Waals surface area contributed by atoms with Crippen molar-refractivity contribution in [2.75, 3.05) is 30.3 Å². The van der Waals surface area contributed by atoms with Gasteiger partial charge in [0.1, 0.15) is 5.82 Å². The van der Waals surface area contributed by atoms with Crippen molar-refractivity contribution in [3.8, 4) is 0 Å². The van der Waals surface area contributed by atoms with Gasteiger partial charge in [-0.2, -0.15) is 4.98 Å². The maximum absolute atomic E-state index is 12.2. The van der Waals surface area contributed by atoms with E-state index in [0.717, 1.165) is 18.1 Å². The molecule has 3 N–H and O–H groups in total. The van der Waals surface area contributed by atoms with Crippen LogP contribution in [-0.2, 0) is 5.41 Å². The molecule has 26 heavy (non-hydrogen) atoms. The van der Waals surface area contributed by atoms with Gasteiger partial charge in [0.15, 0.2) is 0 Å². The lowest BCUT2D eigenvalue weighted by atomic mass is 9.87. The highest BCUT2D eigenvalue weighted by Crippen LogP contribution is 2.22. The Morgan fingerprint density at radius 3 is 2.35 bits per heavy atom. The summed E-state index contributed by atoms with van der Waals surface area (Å²) in [5.74, 6) is 1.28. The zero-order valence-electron chi connectivity index (χ0n) is 16.3. The Kier molecular flexibility index (Phi) is 6.55. The maximum atomic E-state index is 12.2. The molecule has 0 radical (unpaired) electrons. The lowest BCUT2D eigenvalue weighted by molar-refractivity contribution is 0.0955. The van der Waals surface area contributed by atoms with Gasteiger partial charge in [0.05, 0.1) is 0 Å². The van der Waals surface area contributed by atoms with Crippen LogP contribution in [0.1, 0.15) is 49.3 Å². The summed E-state index contributed by atoms with van der Waals surface area (Å²) in [7, 11) is 0. The Hall–Kier alpha value is -2.63. The summed E-state index contributed by atoms with van der Waals surface area (Å²) in [6, 6.07) is 9.66. The van der Waals surface area contributed by atoms with E-state index in [4.69, 9.17) is 0 Å². The van der Waals surface area contributed by atoms with Crippen molar-refractivity contribution in [1.82, 2.24) is 15.3 Å². The van der Waals surface area contributed by atoms with E-state index < -0.39 is 0 Å². The number of anilines is 2. The van der Waals surface area contributed by atoms with Crippen LogP contribution in [0.2, 0.25) is 0 Å². The van der Waals surface area contributed by atoms with Gasteiger partial charge in [-0.25, -0.2) is 4.98 Å². The number of benzene rings is 1. The van der Waals surface area contributed by atoms with Crippen LogP contribution in [0.3, 0.4) is 0 Å². The molecule has 1 amide bonds. The SMILES string of the molecule is CCNc1cc(C)nc(NCCNC(=O)c2ccc(C(C)(C)C)cc2)n1. The molecule has 6 heteroatoms. The van der Waals surface area contributed by atoms with Crippen molar-refractivity contribution < 1.29 is 4.79 Å². The molecule has 2 aromatic rings. The molecular formula is C20H29N5O. The van der Waals surface area contributed by atoms with Crippen LogP contribution < -0.4 is 16.0 Å². The first-order valence-corrected chi connectivity index (χ1v) is 9.02. The minimum absolute atomic E-state index is 0.0780. The zero-order valence-corrected chi connectivity index (χ0v) is 16.3. The number of carbonyl (C=O) groups excluding carboxylic acids is 1. The van der Waals surface area contributed by atoms with Gasteiger partial charge in [-0.3, -0.25) is 4.79 Å². The molecule has 0 fully saturated rings. The lowest BCUT2D eigenvalue weighted by Gasteiger charge is -2.19. The number of aryl methyl sites for hydroxylation is 1. The van der Waals surface area contributed by atoms with Crippen molar-refractivity contribution in [3.05, 3.63) is 47.2 Å². The Morgan fingerprint density at radius 2 is 1.73 bits per heavy atom. The van der Waals surface area contributed by atoms with E-state index in [-0.39, 0.29) is 11.3 Å². The van der Waals surface area contributed by atoms with Crippen molar-refractivity contribution in [3.63, 3.8) is 0 Å². The van der Waals surface area contributed by atoms with Crippen LogP contribution in [0, 0.1) is 6.92 Å². The third-order valence-electron chi connectivity index (χ3n) is 3.92. The van der Waals surface area contributed by atoms with E-state index in [2.05, 4.69) is 46.7 Å². The predicted molar refractivity (Wildman–Crippen MR) is 107 cm³/mol. The summed E-state index contributed by atoms with van der Waals surface area (Å²) in [5, 5.41) is 9.23. The van der Waals surface area contributed by atoms with Crippen LogP contribution in [0.15, 0.2) is 30.3 Å². The Morgan fingerprint density at radius 1 is 1.04 bits per heavy atom. The molecule has 0 atom stereocenters. The van der Waals surface area contributed by atoms with Crippen LogP contribution >= 0.6 is 0 Å². The topological polar surface area (TPSA) is 78.9 Å². The Bertz CT molecular complexity index is 735. The van der Waals surface area contributed by atoms with E-state index in [9.17, 15) is 4.79 Å². The number of carbonyl (C=O) groups is 1. The summed E-state index contributed by atoms with van der Waals surface area (Å²) in [4.78, 5) is 21.0. The van der Waals surface area contributed by atoms with E-state index >= 15 is 0 Å². The molecule has 1 heterocycles. The molecule has 0 unspecified atom stereocenters. The minimum atomic E-state index is -0.0780. The van der Waals surface area contributed by atoms with Gasteiger partial charge >= 0.3 is 0 Å². The van der Waals surface area contributed by atoms with Crippen molar-refractivity contribution in [1.29, 1.82) is 0 Å². The summed E-state index contributed by atoms with van der Waals surface area (Å²) >= 11 is 0. The first-order valence-electron chi connectivity index (χ1n) is 9.02. The van der Waals surface area contributed by atoms with E-state index in [0.29, 0.717) is 24.6 Å². The maximum Gasteiger partial charge on any atom is 0.251 e. The number of nitrogens with zero attached hydrogens (tertiary/aromatic N) is 2. The molecule has 0 saturated carbocycles. The van der Waals surface area contributed by atoms with Gasteiger partial charge in [-0.1, -0.05) is 32.9 Å². The van der Waals surface area contributed by atoms with Crippen LogP contribution in [0.4, 0.5) is 11.8 Å². The smallest absolute Gasteiger partial charge is 0.251 e. The number of amides is 1. The minimum Gasteiger partial charge on any atom is -0.370 e. The predicted octanol–water partition coefficient (Wildman–Crippen LogP) is 3.36. The first-order chi connectivity index (χ1) is 12.3. The fraction of sp³-hybridized carbons (Fsp3) is 0.450. The molecular weight excluding hydrogens is 326 g/mol. The monoisotopic (exact) mass is 355 g/mol. The summed E-state index contributed by atoms with van der Waals surface area (Å²) in [6.45, 7) is 12.3. The zero-order chi connectivity index (χ0) is 19.2. The molecule has 1 aromatic carbocycles. The van der Waals surface area contributed by atoms with Crippen LogP contribution in [0.25, 0.3) is 0 Å². The second-order valence-corrected chi connectivity index (χ2v) is 7.26. The molecule has 0 bridgehead atoms. The van der Waals surface area contributed by atoms with Gasteiger partial charge in [0, 0.05) is 37.0 Å². The van der Waals surface area contributed by atoms with E-state index in [1.807, 2.05) is 44.2 Å². The molecule has 0 aliphatic heterocycles. The Labute approximate surface area is 155 Å². The Balaban J connectivity index is 1.83. The van der Waals surface area contributed by atoms with Crippen molar-refractivity contribution in [2.45, 2.75) is 40.0 Å². The highest BCUT2D eigenvalue weighted by atomic mass is 16.1. The van der Waals surface area contributed by atoms with Crippen LogP contribution in [0.5, 0.6) is 0 Å². The first kappa shape index (κ1) is 19.7. The molecule has 0 aliphatic rings. The number of hydrogen-bond donors (Lipinski definition) is 3. The number of rotatable bonds is 7. The highest BCUT2D eigenvalue weighted by molar-refractivity contribution is 5.94. The van der Waals surface area contributed by atoms with Gasteiger partial charge in [-0.15, -0.1) is 0 Å². The quantitative estimate of drug-likeness (QED) is 0.664. The summed E-state index contributed by atoms with van der Waals surface area (Å²) in [5.41, 5.74) is 2.85. The molecule has 0 saturated heterocycles. The largest absolute Gasteiger partial charge is 0.370 e. The van der Waals surface area contributed by atoms with Crippen LogP contribution in [-0.4, -0.2) is 35.5 Å². The fourth-order valence-electron chi connectivity index (χ4n) is 2.49. The number of aromatic nitrogens is 2. The summed E-state index contributed by atoms with van der Waals surface area (Å²) < 4.78 is 0. The van der Waals surface area contributed by atoms with Gasteiger partial charge in [0.25, 0.3) is 5.91 Å². The average molecular weight is 355 g/mol. The molecule has 1 aromatic heterocycles. The second kappa shape index (κ2) is 8.65. The molecule has 140 valence electrons. The lowest BCUT2D eigenvalue weighted by Crippen LogP contribution is -2.29. The second-order valence-electron chi connectivity index (χ2n) is 7.26.